The fourth-order valence-corrected chi connectivity index (χ4v) is 2.34. The summed E-state index contributed by atoms with van der Waals surface area (Å²) in [6.07, 6.45) is 14.1. The predicted molar refractivity (Wildman–Crippen MR) is 93.6 cm³/mol. The molecule has 1 unspecified atom stereocenters. The third-order valence-electron chi connectivity index (χ3n) is 3.53. The molecule has 5 nitrogen and oxygen atoms in total. The Kier molecular flexibility index (Phi) is 4.50. The highest BCUT2D eigenvalue weighted by Gasteiger charge is 2.23. The molecule has 0 amide bonds. The minimum Gasteiger partial charge on any atom is -0.383 e. The third kappa shape index (κ3) is 3.30. The monoisotopic (exact) mass is 305 g/mol. The molecule has 0 aliphatic carbocycles. The summed E-state index contributed by atoms with van der Waals surface area (Å²) in [5.74, 6) is 0.706. The molecule has 23 heavy (non-hydrogen) atoms. The Balaban J connectivity index is 2.05. The summed E-state index contributed by atoms with van der Waals surface area (Å²) < 4.78 is 0. The molecule has 1 N–H and O–H groups in total. The molecule has 0 fully saturated rings. The van der Waals surface area contributed by atoms with Crippen molar-refractivity contribution in [1.29, 1.82) is 0 Å². The van der Waals surface area contributed by atoms with Crippen molar-refractivity contribution in [1.82, 2.24) is 15.3 Å². The number of nitrogens with one attached hydrogen (secondary N) is 1. The van der Waals surface area contributed by atoms with Gasteiger partial charge >= 0.3 is 0 Å². The Morgan fingerprint density at radius 2 is 2.17 bits per heavy atom. The Labute approximate surface area is 136 Å². The third-order valence-corrected chi connectivity index (χ3v) is 3.53. The maximum absolute atomic E-state index is 4.71. The van der Waals surface area contributed by atoms with Crippen LogP contribution in [0.15, 0.2) is 70.6 Å². The van der Waals surface area contributed by atoms with E-state index in [1.807, 2.05) is 48.6 Å². The van der Waals surface area contributed by atoms with Crippen LogP contribution in [0.5, 0.6) is 0 Å². The molecule has 2 aliphatic heterocycles. The van der Waals surface area contributed by atoms with Gasteiger partial charge in [-0.1, -0.05) is 11.8 Å². The fourth-order valence-electron chi connectivity index (χ4n) is 2.34. The number of nitrogens with zero attached hydrogens (tertiary/aromatic N) is 4. The first kappa shape index (κ1) is 15.0. The number of aromatic nitrogens is 1. The lowest BCUT2D eigenvalue weighted by Crippen LogP contribution is -2.32. The second-order valence-corrected chi connectivity index (χ2v) is 5.21. The molecule has 2 aliphatic rings. The minimum absolute atomic E-state index is 0.0896. The summed E-state index contributed by atoms with van der Waals surface area (Å²) in [5.41, 5.74) is 6.19. The van der Waals surface area contributed by atoms with Crippen LogP contribution < -0.4 is 5.32 Å². The van der Waals surface area contributed by atoms with Gasteiger partial charge in [-0.25, -0.2) is 10.0 Å². The van der Waals surface area contributed by atoms with Crippen LogP contribution in [0.3, 0.4) is 0 Å². The molecule has 0 spiro atoms. The lowest BCUT2D eigenvalue weighted by Gasteiger charge is -2.27. The lowest BCUT2D eigenvalue weighted by atomic mass is 10.1. The first-order valence-electron chi connectivity index (χ1n) is 7.65. The molecular weight excluding hydrogens is 286 g/mol. The van der Waals surface area contributed by atoms with Gasteiger partial charge in [-0.3, -0.25) is 4.98 Å². The number of aliphatic imine (C=N–C) groups is 1. The SMILES string of the molecule is C/C=C\NC(C)C1=NC2=C=CCC=NN2C(c2ccncc2)=C1. The van der Waals surface area contributed by atoms with E-state index in [2.05, 4.69) is 34.1 Å². The van der Waals surface area contributed by atoms with Gasteiger partial charge in [0.05, 0.1) is 17.5 Å². The van der Waals surface area contributed by atoms with E-state index >= 15 is 0 Å². The highest BCUT2D eigenvalue weighted by atomic mass is 15.5. The molecule has 3 rings (SSSR count). The number of fused-ring (bicyclic) bond motifs is 1. The maximum Gasteiger partial charge on any atom is 0.198 e. The summed E-state index contributed by atoms with van der Waals surface area (Å²) in [7, 11) is 0. The number of hydrogen-bond donors (Lipinski definition) is 1. The summed E-state index contributed by atoms with van der Waals surface area (Å²) in [5, 5.41) is 9.64. The maximum atomic E-state index is 4.71. The van der Waals surface area contributed by atoms with E-state index in [9.17, 15) is 0 Å². The van der Waals surface area contributed by atoms with Gasteiger partial charge in [-0.15, -0.1) is 0 Å². The second-order valence-electron chi connectivity index (χ2n) is 5.21. The van der Waals surface area contributed by atoms with Gasteiger partial charge < -0.3 is 5.32 Å². The molecule has 1 aromatic heterocycles. The molecular formula is C18H19N5. The summed E-state index contributed by atoms with van der Waals surface area (Å²) >= 11 is 0. The van der Waals surface area contributed by atoms with E-state index < -0.39 is 0 Å². The van der Waals surface area contributed by atoms with Crippen LogP contribution in [0.1, 0.15) is 25.8 Å². The van der Waals surface area contributed by atoms with E-state index in [1.165, 1.54) is 0 Å². The molecule has 1 atom stereocenters. The van der Waals surface area contributed by atoms with Crippen LogP contribution in [-0.4, -0.2) is 28.0 Å². The molecule has 5 heteroatoms. The summed E-state index contributed by atoms with van der Waals surface area (Å²) in [6.45, 7) is 4.06. The first-order chi connectivity index (χ1) is 11.3. The topological polar surface area (TPSA) is 52.9 Å². The quantitative estimate of drug-likeness (QED) is 0.870. The number of hydrazone groups is 1. The normalized spacial score (nSPS) is 18.0. The Hall–Kier alpha value is -2.91. The molecule has 0 aromatic carbocycles. The van der Waals surface area contributed by atoms with E-state index in [0.29, 0.717) is 5.82 Å². The summed E-state index contributed by atoms with van der Waals surface area (Å²) in [4.78, 5) is 8.80. The largest absolute Gasteiger partial charge is 0.383 e. The highest BCUT2D eigenvalue weighted by Crippen LogP contribution is 2.29. The Morgan fingerprint density at radius 1 is 1.35 bits per heavy atom. The van der Waals surface area contributed by atoms with Crippen molar-refractivity contribution >= 4 is 17.6 Å². The van der Waals surface area contributed by atoms with Gasteiger partial charge in [0, 0.05) is 30.6 Å². The van der Waals surface area contributed by atoms with E-state index in [4.69, 9.17) is 4.99 Å². The average molecular weight is 305 g/mol. The van der Waals surface area contributed by atoms with Crippen LogP contribution in [0.25, 0.3) is 5.70 Å². The fraction of sp³-hybridized carbons (Fsp3) is 0.222. The predicted octanol–water partition coefficient (Wildman–Crippen LogP) is 3.08. The lowest BCUT2D eigenvalue weighted by molar-refractivity contribution is 0.516. The molecule has 0 radical (unpaired) electrons. The Morgan fingerprint density at radius 3 is 2.96 bits per heavy atom. The van der Waals surface area contributed by atoms with Gasteiger partial charge in [-0.05, 0) is 44.3 Å². The molecule has 1 aromatic rings. The van der Waals surface area contributed by atoms with Gasteiger partial charge in [-0.2, -0.15) is 5.10 Å². The van der Waals surface area contributed by atoms with Gasteiger partial charge in [0.25, 0.3) is 0 Å². The zero-order valence-corrected chi connectivity index (χ0v) is 13.3. The van der Waals surface area contributed by atoms with Crippen molar-refractivity contribution in [2.75, 3.05) is 0 Å². The molecule has 3 heterocycles. The van der Waals surface area contributed by atoms with Crippen molar-refractivity contribution in [2.45, 2.75) is 26.3 Å². The van der Waals surface area contributed by atoms with Crippen LogP contribution in [-0.2, 0) is 0 Å². The van der Waals surface area contributed by atoms with Crippen molar-refractivity contribution in [3.05, 3.63) is 66.1 Å². The van der Waals surface area contributed by atoms with Gasteiger partial charge in [0.1, 0.15) is 0 Å². The zero-order valence-electron chi connectivity index (χ0n) is 13.3. The van der Waals surface area contributed by atoms with Crippen LogP contribution >= 0.6 is 0 Å². The standard InChI is InChI=1S/C18H19N5/c1-3-9-20-14(2)16-13-17(15-7-11-19-12-8-15)23-18(22-16)6-4-5-10-21-23/h3-4,7-14,20H,5H2,1-2H3/b9-3-. The molecule has 0 saturated carbocycles. The van der Waals surface area contributed by atoms with Crippen molar-refractivity contribution in [3.63, 3.8) is 0 Å². The molecule has 0 bridgehead atoms. The average Bonchev–Trinajstić information content (AvgIpc) is 2.85. The van der Waals surface area contributed by atoms with Crippen LogP contribution in [0.4, 0.5) is 0 Å². The van der Waals surface area contributed by atoms with E-state index in [-0.39, 0.29) is 6.04 Å². The number of pyridine rings is 1. The number of rotatable bonds is 4. The number of allylic oxidation sites excluding steroid dienone is 2. The van der Waals surface area contributed by atoms with Crippen molar-refractivity contribution in [2.24, 2.45) is 10.1 Å². The smallest absolute Gasteiger partial charge is 0.198 e. The first-order valence-corrected chi connectivity index (χ1v) is 7.65. The zero-order chi connectivity index (χ0) is 16.1. The Bertz CT molecular complexity index is 749. The van der Waals surface area contributed by atoms with E-state index in [1.54, 1.807) is 12.4 Å². The highest BCUT2D eigenvalue weighted by molar-refractivity contribution is 6.06. The van der Waals surface area contributed by atoms with Gasteiger partial charge in [0.2, 0.25) is 0 Å². The second kappa shape index (κ2) is 6.90. The molecule has 0 saturated heterocycles. The summed E-state index contributed by atoms with van der Waals surface area (Å²) in [6, 6.07) is 4.04. The minimum atomic E-state index is 0.0896. The number of hydrogen-bond acceptors (Lipinski definition) is 5. The van der Waals surface area contributed by atoms with E-state index in [0.717, 1.165) is 23.4 Å². The van der Waals surface area contributed by atoms with Crippen molar-refractivity contribution in [3.8, 4) is 0 Å². The van der Waals surface area contributed by atoms with Crippen LogP contribution in [0.2, 0.25) is 0 Å². The van der Waals surface area contributed by atoms with Crippen molar-refractivity contribution < 1.29 is 0 Å². The van der Waals surface area contributed by atoms with Gasteiger partial charge in [0.15, 0.2) is 5.82 Å². The van der Waals surface area contributed by atoms with Crippen LogP contribution in [0, 0.1) is 0 Å². The molecule has 116 valence electrons.